The highest BCUT2D eigenvalue weighted by Gasteiger charge is 2.28. The van der Waals surface area contributed by atoms with Gasteiger partial charge in [-0.2, -0.15) is 0 Å². The second-order valence-electron chi connectivity index (χ2n) is 4.57. The molecule has 0 unspecified atom stereocenters. The Hall–Kier alpha value is -1.43. The zero-order chi connectivity index (χ0) is 14.0. The highest BCUT2D eigenvalue weighted by molar-refractivity contribution is 9.10. The maximum absolute atomic E-state index is 13.7. The Morgan fingerprint density at radius 1 is 1.32 bits per heavy atom. The van der Waals surface area contributed by atoms with Gasteiger partial charge in [0.15, 0.2) is 0 Å². The zero-order valence-electron chi connectivity index (χ0n) is 10.2. The third-order valence-electron chi connectivity index (χ3n) is 3.36. The molecule has 0 aromatic heterocycles. The molecule has 0 bridgehead atoms. The molecule has 102 valence electrons. The van der Waals surface area contributed by atoms with E-state index in [0.29, 0.717) is 30.4 Å². The first-order valence-electron chi connectivity index (χ1n) is 6.03. The summed E-state index contributed by atoms with van der Waals surface area (Å²) in [6.07, 6.45) is 1.07. The number of benzene rings is 1. The van der Waals surface area contributed by atoms with Crippen molar-refractivity contribution in [2.24, 2.45) is 11.7 Å². The van der Waals surface area contributed by atoms with Gasteiger partial charge in [0.2, 0.25) is 5.91 Å². The van der Waals surface area contributed by atoms with Crippen LogP contribution in [0.3, 0.4) is 0 Å². The lowest BCUT2D eigenvalue weighted by Crippen LogP contribution is -2.42. The van der Waals surface area contributed by atoms with Gasteiger partial charge in [0.1, 0.15) is 5.82 Å². The molecular formula is C13H14BrFN2O2. The molecule has 1 fully saturated rings. The van der Waals surface area contributed by atoms with Gasteiger partial charge < -0.3 is 10.6 Å². The summed E-state index contributed by atoms with van der Waals surface area (Å²) >= 11 is 3.19. The van der Waals surface area contributed by atoms with E-state index in [1.54, 1.807) is 11.0 Å². The first-order chi connectivity index (χ1) is 9.00. The lowest BCUT2D eigenvalue weighted by atomic mass is 9.96. The monoisotopic (exact) mass is 328 g/mol. The van der Waals surface area contributed by atoms with Crippen molar-refractivity contribution in [1.29, 1.82) is 0 Å². The fourth-order valence-electron chi connectivity index (χ4n) is 2.23. The summed E-state index contributed by atoms with van der Waals surface area (Å²) in [7, 11) is 0. The van der Waals surface area contributed by atoms with Crippen molar-refractivity contribution in [3.63, 3.8) is 0 Å². The quantitative estimate of drug-likeness (QED) is 0.901. The van der Waals surface area contributed by atoms with Gasteiger partial charge in [0.25, 0.3) is 5.91 Å². The van der Waals surface area contributed by atoms with E-state index in [0.717, 1.165) is 0 Å². The highest BCUT2D eigenvalue weighted by Crippen LogP contribution is 2.24. The second-order valence-corrected chi connectivity index (χ2v) is 5.42. The summed E-state index contributed by atoms with van der Waals surface area (Å²) in [5.74, 6) is -1.42. The van der Waals surface area contributed by atoms with Gasteiger partial charge >= 0.3 is 0 Å². The van der Waals surface area contributed by atoms with Gasteiger partial charge in [-0.3, -0.25) is 9.59 Å². The minimum absolute atomic E-state index is 0.0417. The molecular weight excluding hydrogens is 315 g/mol. The maximum atomic E-state index is 13.7. The Labute approximate surface area is 118 Å². The number of primary amides is 1. The van der Waals surface area contributed by atoms with Crippen molar-refractivity contribution in [3.05, 3.63) is 34.1 Å². The second kappa shape index (κ2) is 5.69. The van der Waals surface area contributed by atoms with Gasteiger partial charge in [-0.05, 0) is 40.9 Å². The van der Waals surface area contributed by atoms with Crippen LogP contribution in [0.25, 0.3) is 0 Å². The number of hydrogen-bond acceptors (Lipinski definition) is 2. The summed E-state index contributed by atoms with van der Waals surface area (Å²) in [5, 5.41) is 0. The molecule has 1 aliphatic rings. The molecule has 6 heteroatoms. The molecule has 0 radical (unpaired) electrons. The third kappa shape index (κ3) is 2.94. The Balaban J connectivity index is 2.12. The van der Waals surface area contributed by atoms with Crippen LogP contribution in [0.2, 0.25) is 0 Å². The molecule has 1 aromatic carbocycles. The normalized spacial score (nSPS) is 16.4. The molecule has 2 amide bonds. The number of halogens is 2. The first kappa shape index (κ1) is 14.0. The van der Waals surface area contributed by atoms with E-state index in [2.05, 4.69) is 15.9 Å². The average molecular weight is 329 g/mol. The molecule has 1 aromatic rings. The predicted molar refractivity (Wildman–Crippen MR) is 71.9 cm³/mol. The number of likely N-dealkylation sites (tertiary alicyclic amines) is 1. The molecule has 0 aliphatic carbocycles. The number of carbonyl (C=O) groups excluding carboxylic acids is 2. The minimum atomic E-state index is -0.545. The van der Waals surface area contributed by atoms with Crippen molar-refractivity contribution >= 4 is 27.7 Å². The van der Waals surface area contributed by atoms with Crippen LogP contribution in [0.1, 0.15) is 23.2 Å². The van der Waals surface area contributed by atoms with Crippen LogP contribution in [-0.2, 0) is 4.79 Å². The Morgan fingerprint density at radius 3 is 2.47 bits per heavy atom. The van der Waals surface area contributed by atoms with Gasteiger partial charge in [0.05, 0.1) is 5.56 Å². The van der Waals surface area contributed by atoms with Crippen molar-refractivity contribution in [2.45, 2.75) is 12.8 Å². The fraction of sp³-hybridized carbons (Fsp3) is 0.385. The van der Waals surface area contributed by atoms with E-state index in [-0.39, 0.29) is 23.3 Å². The maximum Gasteiger partial charge on any atom is 0.257 e. The number of hydrogen-bond donors (Lipinski definition) is 1. The van der Waals surface area contributed by atoms with E-state index in [1.807, 2.05) is 0 Å². The first-order valence-corrected chi connectivity index (χ1v) is 6.82. The molecule has 1 saturated heterocycles. The van der Waals surface area contributed by atoms with Gasteiger partial charge in [-0.25, -0.2) is 4.39 Å². The SMILES string of the molecule is NC(=O)C1CCN(C(=O)c2c(F)cccc2Br)CC1. The third-order valence-corrected chi connectivity index (χ3v) is 4.02. The molecule has 4 nitrogen and oxygen atoms in total. The average Bonchev–Trinajstić information content (AvgIpc) is 2.38. The largest absolute Gasteiger partial charge is 0.369 e. The summed E-state index contributed by atoms with van der Waals surface area (Å²) in [4.78, 5) is 24.9. The Kier molecular flexibility index (Phi) is 4.19. The Morgan fingerprint density at radius 2 is 1.95 bits per heavy atom. The lowest BCUT2D eigenvalue weighted by molar-refractivity contribution is -0.123. The Bertz CT molecular complexity index is 493. The van der Waals surface area contributed by atoms with Crippen LogP contribution in [-0.4, -0.2) is 29.8 Å². The zero-order valence-corrected chi connectivity index (χ0v) is 11.8. The van der Waals surface area contributed by atoms with Crippen molar-refractivity contribution in [1.82, 2.24) is 4.90 Å². The fourth-order valence-corrected chi connectivity index (χ4v) is 2.74. The summed E-state index contributed by atoms with van der Waals surface area (Å²) in [6.45, 7) is 0.848. The van der Waals surface area contributed by atoms with Gasteiger partial charge in [0, 0.05) is 23.5 Å². The van der Waals surface area contributed by atoms with Crippen LogP contribution >= 0.6 is 15.9 Å². The topological polar surface area (TPSA) is 63.4 Å². The van der Waals surface area contributed by atoms with E-state index in [4.69, 9.17) is 5.73 Å². The molecule has 1 heterocycles. The van der Waals surface area contributed by atoms with Gasteiger partial charge in [-0.15, -0.1) is 0 Å². The summed E-state index contributed by atoms with van der Waals surface area (Å²) < 4.78 is 14.1. The number of nitrogens with two attached hydrogens (primary N) is 1. The molecule has 2 rings (SSSR count). The number of carbonyl (C=O) groups is 2. The van der Waals surface area contributed by atoms with Crippen molar-refractivity contribution in [3.8, 4) is 0 Å². The smallest absolute Gasteiger partial charge is 0.257 e. The standard InChI is InChI=1S/C13H14BrFN2O2/c14-9-2-1-3-10(15)11(9)13(19)17-6-4-8(5-7-17)12(16)18/h1-3,8H,4-7H2,(H2,16,18). The van der Waals surface area contributed by atoms with E-state index in [9.17, 15) is 14.0 Å². The summed E-state index contributed by atoms with van der Waals surface area (Å²) in [5.41, 5.74) is 5.28. The number of piperidine rings is 1. The van der Waals surface area contributed by atoms with E-state index >= 15 is 0 Å². The van der Waals surface area contributed by atoms with E-state index < -0.39 is 5.82 Å². The number of rotatable bonds is 2. The van der Waals surface area contributed by atoms with Crippen LogP contribution in [0.5, 0.6) is 0 Å². The van der Waals surface area contributed by atoms with Crippen molar-refractivity contribution < 1.29 is 14.0 Å². The molecule has 0 saturated carbocycles. The molecule has 0 atom stereocenters. The lowest BCUT2D eigenvalue weighted by Gasteiger charge is -2.30. The van der Waals surface area contributed by atoms with Crippen LogP contribution in [0, 0.1) is 11.7 Å². The van der Waals surface area contributed by atoms with Crippen molar-refractivity contribution in [2.75, 3.05) is 13.1 Å². The molecule has 2 N–H and O–H groups in total. The minimum Gasteiger partial charge on any atom is -0.369 e. The van der Waals surface area contributed by atoms with Crippen LogP contribution < -0.4 is 5.73 Å². The van der Waals surface area contributed by atoms with E-state index in [1.165, 1.54) is 12.1 Å². The highest BCUT2D eigenvalue weighted by atomic mass is 79.9. The van der Waals surface area contributed by atoms with Gasteiger partial charge in [-0.1, -0.05) is 6.07 Å². The number of amides is 2. The predicted octanol–water partition coefficient (Wildman–Crippen LogP) is 1.93. The molecule has 19 heavy (non-hydrogen) atoms. The molecule has 1 aliphatic heterocycles. The summed E-state index contributed by atoms with van der Waals surface area (Å²) in [6, 6.07) is 4.43. The molecule has 0 spiro atoms. The van der Waals surface area contributed by atoms with Crippen LogP contribution in [0.15, 0.2) is 22.7 Å². The number of nitrogens with zero attached hydrogens (tertiary/aromatic N) is 1. The van der Waals surface area contributed by atoms with Crippen LogP contribution in [0.4, 0.5) is 4.39 Å².